The molecule has 4 heteroatoms. The minimum Gasteiger partial charge on any atom is -0.365 e. The monoisotopic (exact) mass is 240 g/mol. The molecule has 1 aromatic heterocycles. The lowest BCUT2D eigenvalue weighted by atomic mass is 9.80. The van der Waals surface area contributed by atoms with Gasteiger partial charge in [0.05, 0.1) is 6.20 Å². The zero-order chi connectivity index (χ0) is 12.4. The number of hydrogen-bond donors (Lipinski definition) is 1. The van der Waals surface area contributed by atoms with Gasteiger partial charge in [0.25, 0.3) is 0 Å². The number of anilines is 1. The number of hydrogen-bond acceptors (Lipinski definition) is 2. The molecular weight excluding hydrogens is 222 g/mol. The first-order chi connectivity index (χ1) is 8.06. The minimum absolute atomic E-state index is 0.165. The highest BCUT2D eigenvalue weighted by molar-refractivity contribution is 5.37. The second kappa shape index (κ2) is 4.98. The van der Waals surface area contributed by atoms with Gasteiger partial charge in [-0.15, -0.1) is 0 Å². The van der Waals surface area contributed by atoms with Crippen molar-refractivity contribution in [3.63, 3.8) is 0 Å². The third-order valence-corrected chi connectivity index (χ3v) is 3.56. The molecule has 0 saturated heterocycles. The maximum Gasteiger partial charge on any atom is 0.168 e. The van der Waals surface area contributed by atoms with Crippen LogP contribution in [-0.4, -0.2) is 11.0 Å². The summed E-state index contributed by atoms with van der Waals surface area (Å²) in [7, 11) is 0. The Labute approximate surface area is 100 Å². The summed E-state index contributed by atoms with van der Waals surface area (Å²) in [5, 5.41) is 3.09. The van der Waals surface area contributed by atoms with Crippen molar-refractivity contribution in [3.8, 4) is 0 Å². The number of halogens is 2. The zero-order valence-corrected chi connectivity index (χ0v) is 10.2. The molecule has 1 saturated carbocycles. The quantitative estimate of drug-likeness (QED) is 0.854. The number of aromatic nitrogens is 1. The molecule has 1 N–H and O–H groups in total. The fraction of sp³-hybridized carbons (Fsp3) is 0.615. The van der Waals surface area contributed by atoms with Crippen molar-refractivity contribution in [3.05, 3.63) is 23.9 Å². The van der Waals surface area contributed by atoms with E-state index in [1.165, 1.54) is 0 Å². The first kappa shape index (κ1) is 12.3. The van der Waals surface area contributed by atoms with Gasteiger partial charge in [-0.2, -0.15) is 0 Å². The third kappa shape index (κ3) is 2.93. The van der Waals surface area contributed by atoms with Crippen molar-refractivity contribution in [1.29, 1.82) is 0 Å². The van der Waals surface area contributed by atoms with Crippen molar-refractivity contribution in [2.45, 2.75) is 39.2 Å². The van der Waals surface area contributed by atoms with E-state index in [0.29, 0.717) is 5.92 Å². The Morgan fingerprint density at radius 2 is 2.06 bits per heavy atom. The van der Waals surface area contributed by atoms with E-state index in [1.54, 1.807) is 0 Å². The topological polar surface area (TPSA) is 24.9 Å². The summed E-state index contributed by atoms with van der Waals surface area (Å²) in [6, 6.07) is 1.10. The third-order valence-electron chi connectivity index (χ3n) is 3.56. The molecule has 17 heavy (non-hydrogen) atoms. The van der Waals surface area contributed by atoms with E-state index in [4.69, 9.17) is 0 Å². The van der Waals surface area contributed by atoms with Crippen LogP contribution >= 0.6 is 0 Å². The molecule has 0 radical (unpaired) electrons. The highest BCUT2D eigenvalue weighted by Gasteiger charge is 2.26. The van der Waals surface area contributed by atoms with Crippen molar-refractivity contribution in [2.75, 3.05) is 5.32 Å². The summed E-state index contributed by atoms with van der Waals surface area (Å²) in [6.07, 6.45) is 4.34. The molecule has 94 valence electrons. The lowest BCUT2D eigenvalue weighted by Crippen LogP contribution is -2.33. The lowest BCUT2D eigenvalue weighted by molar-refractivity contribution is 0.275. The number of nitrogens with one attached hydrogen (secondary N) is 1. The zero-order valence-electron chi connectivity index (χ0n) is 10.2. The molecule has 0 aromatic carbocycles. The predicted octanol–water partition coefficient (Wildman–Crippen LogP) is 3.60. The van der Waals surface area contributed by atoms with E-state index in [0.717, 1.165) is 37.4 Å². The highest BCUT2D eigenvalue weighted by atomic mass is 19.1. The standard InChI is InChI=1S/C13H18F2N2/c1-8-3-4-12(9(2)5-8)17-13-11(15)6-10(14)7-16-13/h6-9,12H,3-5H2,1-2H3,(H,16,17). The molecular formula is C13H18F2N2. The van der Waals surface area contributed by atoms with Crippen molar-refractivity contribution >= 4 is 5.82 Å². The molecule has 3 atom stereocenters. The summed E-state index contributed by atoms with van der Waals surface area (Å²) in [5.74, 6) is 0.131. The maximum atomic E-state index is 13.4. The molecule has 1 aliphatic rings. The molecule has 1 aliphatic carbocycles. The van der Waals surface area contributed by atoms with E-state index in [9.17, 15) is 8.78 Å². The molecule has 3 unspecified atom stereocenters. The Morgan fingerprint density at radius 1 is 1.29 bits per heavy atom. The van der Waals surface area contributed by atoms with Crippen LogP contribution < -0.4 is 5.32 Å². The van der Waals surface area contributed by atoms with Crippen LogP contribution in [0, 0.1) is 23.5 Å². The first-order valence-electron chi connectivity index (χ1n) is 6.14. The number of rotatable bonds is 2. The Balaban J connectivity index is 2.05. The maximum absolute atomic E-state index is 13.4. The molecule has 0 aliphatic heterocycles. The van der Waals surface area contributed by atoms with Crippen LogP contribution in [0.5, 0.6) is 0 Å². The van der Waals surface area contributed by atoms with E-state index in [2.05, 4.69) is 24.1 Å². The lowest BCUT2D eigenvalue weighted by Gasteiger charge is -2.33. The summed E-state index contributed by atoms with van der Waals surface area (Å²) in [5.41, 5.74) is 0. The molecule has 0 bridgehead atoms. The molecule has 1 aromatic rings. The van der Waals surface area contributed by atoms with Crippen LogP contribution in [0.15, 0.2) is 12.3 Å². The largest absolute Gasteiger partial charge is 0.365 e. The molecule has 2 nitrogen and oxygen atoms in total. The van der Waals surface area contributed by atoms with E-state index in [1.807, 2.05) is 0 Å². The van der Waals surface area contributed by atoms with E-state index >= 15 is 0 Å². The average molecular weight is 240 g/mol. The van der Waals surface area contributed by atoms with Gasteiger partial charge < -0.3 is 5.32 Å². The van der Waals surface area contributed by atoms with Crippen molar-refractivity contribution < 1.29 is 8.78 Å². The van der Waals surface area contributed by atoms with Gasteiger partial charge >= 0.3 is 0 Å². The van der Waals surface area contributed by atoms with Crippen molar-refractivity contribution in [1.82, 2.24) is 4.98 Å². The van der Waals surface area contributed by atoms with Gasteiger partial charge in [-0.3, -0.25) is 0 Å². The SMILES string of the molecule is CC1CCC(Nc2ncc(F)cc2F)C(C)C1. The second-order valence-corrected chi connectivity index (χ2v) is 5.13. The van der Waals surface area contributed by atoms with Crippen LogP contribution in [0.3, 0.4) is 0 Å². The van der Waals surface area contributed by atoms with Gasteiger partial charge in [-0.05, 0) is 31.1 Å². The molecule has 2 rings (SSSR count). The first-order valence-corrected chi connectivity index (χ1v) is 6.14. The van der Waals surface area contributed by atoms with Gasteiger partial charge in [-0.25, -0.2) is 13.8 Å². The summed E-state index contributed by atoms with van der Waals surface area (Å²) < 4.78 is 26.2. The molecule has 1 fully saturated rings. The van der Waals surface area contributed by atoms with Crippen LogP contribution in [0.1, 0.15) is 33.1 Å². The van der Waals surface area contributed by atoms with E-state index in [-0.39, 0.29) is 11.9 Å². The summed E-state index contributed by atoms with van der Waals surface area (Å²) in [6.45, 7) is 4.40. The van der Waals surface area contributed by atoms with Crippen LogP contribution in [-0.2, 0) is 0 Å². The minimum atomic E-state index is -0.640. The Morgan fingerprint density at radius 3 is 2.71 bits per heavy atom. The van der Waals surface area contributed by atoms with Gasteiger partial charge in [0.1, 0.15) is 5.82 Å². The Bertz CT molecular complexity index is 395. The van der Waals surface area contributed by atoms with E-state index < -0.39 is 11.6 Å². The normalized spacial score (nSPS) is 29.1. The van der Waals surface area contributed by atoms with Crippen molar-refractivity contribution in [2.24, 2.45) is 11.8 Å². The Kier molecular flexibility index (Phi) is 3.60. The van der Waals surface area contributed by atoms with Gasteiger partial charge in [-0.1, -0.05) is 13.8 Å². The molecule has 1 heterocycles. The fourth-order valence-corrected chi connectivity index (χ4v) is 2.58. The molecule has 0 spiro atoms. The highest BCUT2D eigenvalue weighted by Crippen LogP contribution is 2.30. The summed E-state index contributed by atoms with van der Waals surface area (Å²) in [4.78, 5) is 3.76. The molecule has 0 amide bonds. The van der Waals surface area contributed by atoms with Gasteiger partial charge in [0.15, 0.2) is 11.6 Å². The van der Waals surface area contributed by atoms with Gasteiger partial charge in [0.2, 0.25) is 0 Å². The summed E-state index contributed by atoms with van der Waals surface area (Å²) >= 11 is 0. The van der Waals surface area contributed by atoms with Gasteiger partial charge in [0, 0.05) is 12.1 Å². The van der Waals surface area contributed by atoms with Crippen LogP contribution in [0.2, 0.25) is 0 Å². The fourth-order valence-electron chi connectivity index (χ4n) is 2.58. The second-order valence-electron chi connectivity index (χ2n) is 5.13. The van der Waals surface area contributed by atoms with Crippen LogP contribution in [0.25, 0.3) is 0 Å². The predicted molar refractivity (Wildman–Crippen MR) is 63.7 cm³/mol. The average Bonchev–Trinajstić information content (AvgIpc) is 2.25. The smallest absolute Gasteiger partial charge is 0.168 e. The number of nitrogens with zero attached hydrogens (tertiary/aromatic N) is 1. The number of pyridine rings is 1. The van der Waals surface area contributed by atoms with Crippen LogP contribution in [0.4, 0.5) is 14.6 Å². The Hall–Kier alpha value is -1.19.